The first-order valence-electron chi connectivity index (χ1n) is 6.64. The molecule has 0 aromatic carbocycles. The molecular weight excluding hydrogens is 242 g/mol. The molecule has 0 aliphatic rings. The molecule has 0 fully saturated rings. The van der Waals surface area contributed by atoms with Gasteiger partial charge in [-0.1, -0.05) is 25.2 Å². The molecular formula is C15H25NO3. The highest BCUT2D eigenvalue weighted by atomic mass is 16.5. The molecule has 0 aromatic heterocycles. The van der Waals surface area contributed by atoms with Crippen LogP contribution in [-0.4, -0.2) is 43.4 Å². The van der Waals surface area contributed by atoms with Crippen molar-refractivity contribution in [3.8, 4) is 0 Å². The van der Waals surface area contributed by atoms with E-state index in [1.165, 1.54) is 12.5 Å². The van der Waals surface area contributed by atoms with Gasteiger partial charge in [-0.2, -0.15) is 0 Å². The predicted octanol–water partition coefficient (Wildman–Crippen LogP) is 2.35. The lowest BCUT2D eigenvalue weighted by Gasteiger charge is -2.17. The topological polar surface area (TPSA) is 46.6 Å². The number of carbonyl (C=O) groups excluding carboxylic acids is 2. The highest BCUT2D eigenvalue weighted by molar-refractivity contribution is 5.94. The number of ether oxygens (including phenoxy) is 1. The van der Waals surface area contributed by atoms with Crippen LogP contribution in [0.4, 0.5) is 0 Å². The zero-order valence-electron chi connectivity index (χ0n) is 12.4. The molecule has 0 heterocycles. The van der Waals surface area contributed by atoms with Crippen molar-refractivity contribution in [2.75, 3.05) is 26.7 Å². The molecule has 0 unspecified atom stereocenters. The first-order chi connectivity index (χ1) is 8.99. The molecule has 0 saturated heterocycles. The Bertz CT molecular complexity index is 345. The van der Waals surface area contributed by atoms with Gasteiger partial charge in [0.2, 0.25) is 0 Å². The Morgan fingerprint density at radius 3 is 2.53 bits per heavy atom. The van der Waals surface area contributed by atoms with Gasteiger partial charge in [0.25, 0.3) is 0 Å². The minimum Gasteiger partial charge on any atom is -0.464 e. The summed E-state index contributed by atoms with van der Waals surface area (Å²) in [5.74, 6) is -0.613. The van der Waals surface area contributed by atoms with Crippen LogP contribution in [0.15, 0.2) is 23.8 Å². The fourth-order valence-corrected chi connectivity index (χ4v) is 1.62. The molecule has 0 amide bonds. The maximum absolute atomic E-state index is 11.2. The van der Waals surface area contributed by atoms with Crippen LogP contribution >= 0.6 is 0 Å². The second-order valence-corrected chi connectivity index (χ2v) is 4.52. The Balaban J connectivity index is 3.97. The van der Waals surface area contributed by atoms with Crippen molar-refractivity contribution in [3.05, 3.63) is 23.8 Å². The number of rotatable bonds is 9. The number of nitrogens with zero attached hydrogens (tertiary/aromatic N) is 1. The molecule has 0 bridgehead atoms. The SMILES string of the molecule is C/C=C\C(=C/CC)CN(C)CCOC(=O)CC(C)=O. The molecule has 0 aliphatic carbocycles. The molecule has 0 spiro atoms. The largest absolute Gasteiger partial charge is 0.464 e. The Morgan fingerprint density at radius 1 is 1.32 bits per heavy atom. The second-order valence-electron chi connectivity index (χ2n) is 4.52. The number of esters is 1. The van der Waals surface area contributed by atoms with Gasteiger partial charge < -0.3 is 4.74 Å². The Morgan fingerprint density at radius 2 is 2.00 bits per heavy atom. The molecule has 0 aromatic rings. The Labute approximate surface area is 116 Å². The lowest BCUT2D eigenvalue weighted by atomic mass is 10.2. The summed E-state index contributed by atoms with van der Waals surface area (Å²) in [6.45, 7) is 7.27. The van der Waals surface area contributed by atoms with E-state index in [1.54, 1.807) is 0 Å². The molecule has 0 radical (unpaired) electrons. The highest BCUT2D eigenvalue weighted by Crippen LogP contribution is 2.02. The molecule has 108 valence electrons. The fourth-order valence-electron chi connectivity index (χ4n) is 1.62. The van der Waals surface area contributed by atoms with Gasteiger partial charge in [0.15, 0.2) is 0 Å². The number of allylic oxidation sites excluding steroid dienone is 2. The van der Waals surface area contributed by atoms with E-state index < -0.39 is 5.97 Å². The van der Waals surface area contributed by atoms with Crippen molar-refractivity contribution in [1.82, 2.24) is 4.90 Å². The van der Waals surface area contributed by atoms with E-state index in [0.29, 0.717) is 13.2 Å². The number of likely N-dealkylation sites (N-methyl/N-ethyl adjacent to an activating group) is 1. The smallest absolute Gasteiger partial charge is 0.313 e. The number of ketones is 1. The van der Waals surface area contributed by atoms with E-state index >= 15 is 0 Å². The lowest BCUT2D eigenvalue weighted by molar-refractivity contribution is -0.145. The summed E-state index contributed by atoms with van der Waals surface area (Å²) in [6, 6.07) is 0. The summed E-state index contributed by atoms with van der Waals surface area (Å²) in [5, 5.41) is 0. The summed E-state index contributed by atoms with van der Waals surface area (Å²) in [6.07, 6.45) is 7.15. The first kappa shape index (κ1) is 17.6. The van der Waals surface area contributed by atoms with Gasteiger partial charge in [-0.15, -0.1) is 0 Å². The molecule has 0 rings (SSSR count). The van der Waals surface area contributed by atoms with Crippen LogP contribution in [0.25, 0.3) is 0 Å². The Kier molecular flexibility index (Phi) is 9.71. The van der Waals surface area contributed by atoms with Crippen molar-refractivity contribution in [3.63, 3.8) is 0 Å². The first-order valence-corrected chi connectivity index (χ1v) is 6.64. The number of hydrogen-bond acceptors (Lipinski definition) is 4. The van der Waals surface area contributed by atoms with Gasteiger partial charge in [-0.3, -0.25) is 14.5 Å². The average molecular weight is 267 g/mol. The third kappa shape index (κ3) is 10.2. The minimum atomic E-state index is -0.446. The lowest BCUT2D eigenvalue weighted by Crippen LogP contribution is -2.26. The summed E-state index contributed by atoms with van der Waals surface area (Å²) < 4.78 is 4.99. The summed E-state index contributed by atoms with van der Waals surface area (Å²) in [7, 11) is 1.98. The van der Waals surface area contributed by atoms with E-state index in [2.05, 4.69) is 24.0 Å². The van der Waals surface area contributed by atoms with Crippen molar-refractivity contribution in [2.24, 2.45) is 0 Å². The molecule has 0 aliphatic heterocycles. The second kappa shape index (κ2) is 10.5. The molecule has 19 heavy (non-hydrogen) atoms. The van der Waals surface area contributed by atoms with Gasteiger partial charge in [0.05, 0.1) is 0 Å². The molecule has 0 N–H and O–H groups in total. The zero-order chi connectivity index (χ0) is 14.7. The van der Waals surface area contributed by atoms with E-state index in [1.807, 2.05) is 20.0 Å². The van der Waals surface area contributed by atoms with E-state index in [0.717, 1.165) is 13.0 Å². The monoisotopic (exact) mass is 267 g/mol. The molecule has 4 nitrogen and oxygen atoms in total. The quantitative estimate of drug-likeness (QED) is 0.365. The van der Waals surface area contributed by atoms with Crippen LogP contribution in [0.2, 0.25) is 0 Å². The third-order valence-corrected chi connectivity index (χ3v) is 2.43. The Hall–Kier alpha value is -1.42. The van der Waals surface area contributed by atoms with Crippen molar-refractivity contribution in [1.29, 1.82) is 0 Å². The van der Waals surface area contributed by atoms with Gasteiger partial charge in [-0.25, -0.2) is 0 Å². The maximum Gasteiger partial charge on any atom is 0.313 e. The van der Waals surface area contributed by atoms with Crippen LogP contribution in [-0.2, 0) is 14.3 Å². The number of hydrogen-bond donors (Lipinski definition) is 0. The summed E-state index contributed by atoms with van der Waals surface area (Å²) in [4.78, 5) is 24.0. The summed E-state index contributed by atoms with van der Waals surface area (Å²) >= 11 is 0. The van der Waals surface area contributed by atoms with Crippen molar-refractivity contribution < 1.29 is 14.3 Å². The summed E-state index contributed by atoms with van der Waals surface area (Å²) in [5.41, 5.74) is 1.25. The van der Waals surface area contributed by atoms with E-state index in [4.69, 9.17) is 4.74 Å². The maximum atomic E-state index is 11.2. The average Bonchev–Trinajstić information content (AvgIpc) is 2.28. The van der Waals surface area contributed by atoms with Crippen LogP contribution in [0.5, 0.6) is 0 Å². The predicted molar refractivity (Wildman–Crippen MR) is 76.9 cm³/mol. The van der Waals surface area contributed by atoms with E-state index in [9.17, 15) is 9.59 Å². The number of carbonyl (C=O) groups is 2. The van der Waals surface area contributed by atoms with Gasteiger partial charge >= 0.3 is 5.97 Å². The van der Waals surface area contributed by atoms with E-state index in [-0.39, 0.29) is 12.2 Å². The molecule has 0 atom stereocenters. The molecule has 4 heteroatoms. The molecule has 0 saturated carbocycles. The standard InChI is InChI=1S/C15H25NO3/c1-5-7-14(8-6-2)12-16(4)9-10-19-15(18)11-13(3)17/h5,7-8H,6,9-12H2,1-4H3/b7-5-,14-8+. The fraction of sp³-hybridized carbons (Fsp3) is 0.600. The normalized spacial score (nSPS) is 12.2. The van der Waals surface area contributed by atoms with Gasteiger partial charge in [-0.05, 0) is 32.9 Å². The van der Waals surface area contributed by atoms with Crippen LogP contribution in [0.3, 0.4) is 0 Å². The van der Waals surface area contributed by atoms with Crippen LogP contribution < -0.4 is 0 Å². The zero-order valence-corrected chi connectivity index (χ0v) is 12.4. The number of Topliss-reactive ketones (excluding diaryl/α,β-unsaturated/α-hetero) is 1. The third-order valence-electron chi connectivity index (χ3n) is 2.43. The van der Waals surface area contributed by atoms with Gasteiger partial charge in [0.1, 0.15) is 18.8 Å². The van der Waals surface area contributed by atoms with Crippen LogP contribution in [0.1, 0.15) is 33.6 Å². The van der Waals surface area contributed by atoms with Crippen molar-refractivity contribution in [2.45, 2.75) is 33.6 Å². The van der Waals surface area contributed by atoms with Crippen molar-refractivity contribution >= 4 is 11.8 Å². The van der Waals surface area contributed by atoms with Gasteiger partial charge in [0, 0.05) is 13.1 Å². The highest BCUT2D eigenvalue weighted by Gasteiger charge is 2.07. The minimum absolute atomic E-state index is 0.136. The van der Waals surface area contributed by atoms with Crippen LogP contribution in [0, 0.1) is 0 Å².